The molecule has 0 radical (unpaired) electrons. The summed E-state index contributed by atoms with van der Waals surface area (Å²) in [5.74, 6) is 0.319. The van der Waals surface area contributed by atoms with E-state index in [1.54, 1.807) is 6.92 Å². The molecule has 0 saturated heterocycles. The second kappa shape index (κ2) is 3.32. The van der Waals surface area contributed by atoms with Crippen molar-refractivity contribution in [2.45, 2.75) is 13.3 Å². The number of hydrogen-bond acceptors (Lipinski definition) is 3. The summed E-state index contributed by atoms with van der Waals surface area (Å²) in [5, 5.41) is 8.34. The largest absolute Gasteiger partial charge is 0.396 e. The molecule has 8 heavy (non-hydrogen) atoms. The van der Waals surface area contributed by atoms with Crippen LogP contribution in [0.3, 0.4) is 0 Å². The lowest BCUT2D eigenvalue weighted by Crippen LogP contribution is -2.11. The first-order chi connectivity index (χ1) is 3.68. The van der Waals surface area contributed by atoms with Crippen molar-refractivity contribution >= 4 is 0 Å². The van der Waals surface area contributed by atoms with Crippen LogP contribution in [0, 0.1) is 0 Å². The van der Waals surface area contributed by atoms with Crippen LogP contribution in [0.1, 0.15) is 13.3 Å². The molecule has 0 aromatic carbocycles. The number of aliphatic hydroxyl groups excluding tert-OH is 1. The molecule has 0 aromatic heterocycles. The van der Waals surface area contributed by atoms with Crippen LogP contribution in [-0.4, -0.2) is 11.7 Å². The Bertz CT molecular complexity index is 94.6. The average Bonchev–Trinajstić information content (AvgIpc) is 1.67. The van der Waals surface area contributed by atoms with Gasteiger partial charge in [0.25, 0.3) is 0 Å². The fourth-order valence-electron chi connectivity index (χ4n) is 0.312. The van der Waals surface area contributed by atoms with Gasteiger partial charge in [-0.1, -0.05) is 0 Å². The molecule has 0 aliphatic rings. The second-order valence-corrected chi connectivity index (χ2v) is 1.71. The normalized spacial score (nSPS) is 8.75. The van der Waals surface area contributed by atoms with Gasteiger partial charge in [-0.2, -0.15) is 0 Å². The molecule has 0 unspecified atom stereocenters. The summed E-state index contributed by atoms with van der Waals surface area (Å²) >= 11 is 0. The third-order valence-corrected chi connectivity index (χ3v) is 0.980. The van der Waals surface area contributed by atoms with Crippen LogP contribution in [0.15, 0.2) is 11.4 Å². The molecule has 0 amide bonds. The molecule has 3 heteroatoms. The van der Waals surface area contributed by atoms with E-state index < -0.39 is 0 Å². The fourth-order valence-corrected chi connectivity index (χ4v) is 0.312. The van der Waals surface area contributed by atoms with E-state index in [0.717, 1.165) is 5.57 Å². The van der Waals surface area contributed by atoms with Gasteiger partial charge in [-0.25, -0.2) is 0 Å². The van der Waals surface area contributed by atoms with Gasteiger partial charge in [0.15, 0.2) is 0 Å². The molecule has 0 fully saturated rings. The molecular weight excluding hydrogens is 104 g/mol. The molecule has 0 aromatic rings. The Labute approximate surface area is 49.0 Å². The first-order valence-electron chi connectivity index (χ1n) is 2.50. The first kappa shape index (κ1) is 7.30. The average molecular weight is 116 g/mol. The van der Waals surface area contributed by atoms with Crippen molar-refractivity contribution in [1.82, 2.24) is 0 Å². The van der Waals surface area contributed by atoms with Gasteiger partial charge in [-0.15, -0.1) is 0 Å². The molecule has 0 aliphatic heterocycles. The topological polar surface area (TPSA) is 72.3 Å². The zero-order valence-electron chi connectivity index (χ0n) is 5.02. The lowest BCUT2D eigenvalue weighted by Gasteiger charge is -1.97. The van der Waals surface area contributed by atoms with Crippen LogP contribution in [0.5, 0.6) is 0 Å². The highest BCUT2D eigenvalue weighted by Crippen LogP contribution is 1.96. The maximum absolute atomic E-state index is 8.34. The molecule has 0 atom stereocenters. The molecule has 3 nitrogen and oxygen atoms in total. The standard InChI is InChI=1S/C5H12N2O/c1-4(2-3-8)5(6)7/h8H,2-3,6-7H2,1H3. The highest BCUT2D eigenvalue weighted by molar-refractivity contribution is 5.03. The predicted molar refractivity (Wildman–Crippen MR) is 32.8 cm³/mol. The van der Waals surface area contributed by atoms with Gasteiger partial charge in [0, 0.05) is 6.61 Å². The van der Waals surface area contributed by atoms with E-state index in [9.17, 15) is 0 Å². The zero-order chi connectivity index (χ0) is 6.57. The summed E-state index contributed by atoms with van der Waals surface area (Å²) in [4.78, 5) is 0. The maximum Gasteiger partial charge on any atom is 0.0923 e. The zero-order valence-corrected chi connectivity index (χ0v) is 5.02. The number of rotatable bonds is 2. The van der Waals surface area contributed by atoms with Gasteiger partial charge in [-0.05, 0) is 18.9 Å². The summed E-state index contributed by atoms with van der Waals surface area (Å²) in [7, 11) is 0. The molecule has 5 N–H and O–H groups in total. The van der Waals surface area contributed by atoms with E-state index >= 15 is 0 Å². The summed E-state index contributed by atoms with van der Waals surface area (Å²) in [6, 6.07) is 0. The van der Waals surface area contributed by atoms with Crippen molar-refractivity contribution in [2.75, 3.05) is 6.61 Å². The van der Waals surface area contributed by atoms with E-state index in [1.807, 2.05) is 0 Å². The Morgan fingerprint density at radius 2 is 2.00 bits per heavy atom. The molecule has 0 spiro atoms. The van der Waals surface area contributed by atoms with E-state index in [4.69, 9.17) is 16.6 Å². The van der Waals surface area contributed by atoms with Gasteiger partial charge >= 0.3 is 0 Å². The first-order valence-corrected chi connectivity index (χ1v) is 2.50. The molecule has 0 rings (SSSR count). The Morgan fingerprint density at radius 3 is 2.12 bits per heavy atom. The quantitative estimate of drug-likeness (QED) is 0.456. The Morgan fingerprint density at radius 1 is 1.50 bits per heavy atom. The third-order valence-electron chi connectivity index (χ3n) is 0.980. The molecular formula is C5H12N2O. The fraction of sp³-hybridized carbons (Fsp3) is 0.600. The highest BCUT2D eigenvalue weighted by Gasteiger charge is 1.89. The van der Waals surface area contributed by atoms with Crippen molar-refractivity contribution in [1.29, 1.82) is 0 Å². The van der Waals surface area contributed by atoms with E-state index in [2.05, 4.69) is 0 Å². The minimum atomic E-state index is 0.115. The van der Waals surface area contributed by atoms with Crippen molar-refractivity contribution < 1.29 is 5.11 Å². The van der Waals surface area contributed by atoms with Gasteiger partial charge in [-0.3, -0.25) is 0 Å². The van der Waals surface area contributed by atoms with E-state index in [-0.39, 0.29) is 6.61 Å². The molecule has 48 valence electrons. The van der Waals surface area contributed by atoms with Crippen LogP contribution in [0.25, 0.3) is 0 Å². The second-order valence-electron chi connectivity index (χ2n) is 1.71. The van der Waals surface area contributed by atoms with Crippen molar-refractivity contribution in [3.63, 3.8) is 0 Å². The van der Waals surface area contributed by atoms with Crippen molar-refractivity contribution in [3.05, 3.63) is 11.4 Å². The van der Waals surface area contributed by atoms with Gasteiger partial charge in [0.1, 0.15) is 0 Å². The predicted octanol–water partition coefficient (Wildman–Crippen LogP) is -0.482. The van der Waals surface area contributed by atoms with Gasteiger partial charge < -0.3 is 16.6 Å². The number of hydrogen-bond donors (Lipinski definition) is 3. The summed E-state index contributed by atoms with van der Waals surface area (Å²) in [6.07, 6.45) is 0.572. The minimum absolute atomic E-state index is 0.115. The third kappa shape index (κ3) is 2.47. The maximum atomic E-state index is 8.34. The SMILES string of the molecule is CC(CCO)=C(N)N. The lowest BCUT2D eigenvalue weighted by molar-refractivity contribution is 0.299. The number of aliphatic hydroxyl groups is 1. The van der Waals surface area contributed by atoms with Crippen molar-refractivity contribution in [3.8, 4) is 0 Å². The van der Waals surface area contributed by atoms with Crippen LogP contribution in [0.2, 0.25) is 0 Å². The smallest absolute Gasteiger partial charge is 0.0923 e. The van der Waals surface area contributed by atoms with Crippen LogP contribution >= 0.6 is 0 Å². The van der Waals surface area contributed by atoms with Crippen LogP contribution in [-0.2, 0) is 0 Å². The Balaban J connectivity index is 3.62. The molecule has 0 saturated carbocycles. The summed E-state index contributed by atoms with van der Waals surface area (Å²) < 4.78 is 0. The summed E-state index contributed by atoms with van der Waals surface area (Å²) in [5.41, 5.74) is 11.2. The Kier molecular flexibility index (Phi) is 3.03. The summed E-state index contributed by atoms with van der Waals surface area (Å²) in [6.45, 7) is 1.91. The van der Waals surface area contributed by atoms with E-state index in [0.29, 0.717) is 12.2 Å². The van der Waals surface area contributed by atoms with Gasteiger partial charge in [0.05, 0.1) is 5.82 Å². The Hall–Kier alpha value is -0.700. The van der Waals surface area contributed by atoms with E-state index in [1.165, 1.54) is 0 Å². The molecule has 0 bridgehead atoms. The number of nitrogens with two attached hydrogens (primary N) is 2. The highest BCUT2D eigenvalue weighted by atomic mass is 16.2. The monoisotopic (exact) mass is 116 g/mol. The molecule has 0 aliphatic carbocycles. The van der Waals surface area contributed by atoms with Crippen LogP contribution in [0.4, 0.5) is 0 Å². The molecule has 0 heterocycles. The lowest BCUT2D eigenvalue weighted by atomic mass is 10.2. The minimum Gasteiger partial charge on any atom is -0.396 e. The van der Waals surface area contributed by atoms with Crippen molar-refractivity contribution in [2.24, 2.45) is 11.5 Å². The van der Waals surface area contributed by atoms with Crippen LogP contribution < -0.4 is 11.5 Å². The van der Waals surface area contributed by atoms with Gasteiger partial charge in [0.2, 0.25) is 0 Å².